The second-order valence-corrected chi connectivity index (χ2v) is 8.83. The van der Waals surface area contributed by atoms with E-state index in [1.807, 2.05) is 12.3 Å². The fourth-order valence-electron chi connectivity index (χ4n) is 4.22. The minimum Gasteiger partial charge on any atom is -0.326 e. The smallest absolute Gasteiger partial charge is 0.238 e. The van der Waals surface area contributed by atoms with E-state index in [2.05, 4.69) is 34.3 Å². The molecular weight excluding hydrogens is 392 g/mol. The summed E-state index contributed by atoms with van der Waals surface area (Å²) in [5, 5.41) is 0. The molecule has 2 rings (SSSR count). The first-order valence-corrected chi connectivity index (χ1v) is 12.7. The normalized spacial score (nSPS) is 11.6. The van der Waals surface area contributed by atoms with E-state index in [9.17, 15) is 8.78 Å². The van der Waals surface area contributed by atoms with Crippen LogP contribution in [-0.4, -0.2) is 22.6 Å². The van der Waals surface area contributed by atoms with Crippen molar-refractivity contribution in [1.82, 2.24) is 9.66 Å². The highest BCUT2D eigenvalue weighted by atomic mass is 19.3. The highest BCUT2D eigenvalue weighted by Crippen LogP contribution is 2.21. The topological polar surface area (TPSA) is 29.9 Å². The van der Waals surface area contributed by atoms with Crippen molar-refractivity contribution >= 4 is 11.0 Å². The number of pyridine rings is 1. The van der Waals surface area contributed by atoms with Crippen LogP contribution in [0.5, 0.6) is 0 Å². The fourth-order valence-corrected chi connectivity index (χ4v) is 4.22. The van der Waals surface area contributed by atoms with Gasteiger partial charge in [-0.05, 0) is 43.4 Å². The van der Waals surface area contributed by atoms with E-state index < -0.39 is 6.43 Å². The second kappa shape index (κ2) is 16.0. The molecule has 0 fully saturated rings. The molecule has 0 amide bonds. The van der Waals surface area contributed by atoms with E-state index in [0.29, 0.717) is 6.42 Å². The molecule has 0 aliphatic heterocycles. The lowest BCUT2D eigenvalue weighted by Gasteiger charge is -2.09. The maximum absolute atomic E-state index is 12.1. The van der Waals surface area contributed by atoms with Crippen molar-refractivity contribution in [2.45, 2.75) is 116 Å². The van der Waals surface area contributed by atoms with Gasteiger partial charge in [-0.15, -0.1) is 0 Å². The molecule has 31 heavy (non-hydrogen) atoms. The van der Waals surface area contributed by atoms with Crippen molar-refractivity contribution in [1.29, 1.82) is 0 Å². The minimum atomic E-state index is -2.14. The van der Waals surface area contributed by atoms with Crippen molar-refractivity contribution in [2.24, 2.45) is 0 Å². The molecule has 176 valence electrons. The standard InChI is InChI=1S/C26H43F2N3/c1-2-3-4-5-9-12-15-21-30-31-22-23(26-24(31)18-16-20-29-26)17-13-10-7-6-8-11-14-19-25(27)28/h16,18,20,22,25,30H,2-15,17,19,21H2,1H3. The summed E-state index contributed by atoms with van der Waals surface area (Å²) in [5.41, 5.74) is 7.17. The number of nitrogens with one attached hydrogen (secondary N) is 1. The first kappa shape index (κ1) is 25.6. The Hall–Kier alpha value is -1.65. The van der Waals surface area contributed by atoms with Crippen molar-refractivity contribution in [2.75, 3.05) is 12.0 Å². The predicted molar refractivity (Wildman–Crippen MR) is 129 cm³/mol. The van der Waals surface area contributed by atoms with E-state index in [0.717, 1.165) is 44.2 Å². The van der Waals surface area contributed by atoms with E-state index >= 15 is 0 Å². The molecule has 3 nitrogen and oxygen atoms in total. The number of nitrogens with zero attached hydrogens (tertiary/aromatic N) is 2. The molecule has 0 saturated heterocycles. The molecule has 0 atom stereocenters. The molecule has 0 saturated carbocycles. The van der Waals surface area contributed by atoms with E-state index in [4.69, 9.17) is 0 Å². The van der Waals surface area contributed by atoms with Gasteiger partial charge >= 0.3 is 0 Å². The summed E-state index contributed by atoms with van der Waals surface area (Å²) < 4.78 is 26.4. The van der Waals surface area contributed by atoms with Gasteiger partial charge in [-0.3, -0.25) is 9.66 Å². The van der Waals surface area contributed by atoms with E-state index in [1.165, 1.54) is 68.9 Å². The Bertz CT molecular complexity index is 699. The fraction of sp³-hybridized carbons (Fsp3) is 0.731. The number of rotatable bonds is 19. The molecule has 1 N–H and O–H groups in total. The molecule has 2 aromatic rings. The first-order valence-electron chi connectivity index (χ1n) is 12.7. The molecule has 0 unspecified atom stereocenters. The number of alkyl halides is 2. The Morgan fingerprint density at radius 3 is 2.23 bits per heavy atom. The van der Waals surface area contributed by atoms with Crippen LogP contribution in [0.3, 0.4) is 0 Å². The molecule has 0 aliphatic carbocycles. The lowest BCUT2D eigenvalue weighted by atomic mass is 10.0. The monoisotopic (exact) mass is 435 g/mol. The Morgan fingerprint density at radius 2 is 1.52 bits per heavy atom. The number of aromatic nitrogens is 2. The Balaban J connectivity index is 1.66. The number of fused-ring (bicyclic) bond motifs is 1. The SMILES string of the molecule is CCCCCCCCCNn1cc(CCCCCCCCCC(F)F)c2ncccc21. The van der Waals surface area contributed by atoms with Gasteiger partial charge in [0.15, 0.2) is 0 Å². The van der Waals surface area contributed by atoms with Crippen LogP contribution < -0.4 is 5.43 Å². The van der Waals surface area contributed by atoms with Crippen molar-refractivity contribution in [3.8, 4) is 0 Å². The van der Waals surface area contributed by atoms with Crippen LogP contribution in [0.15, 0.2) is 24.5 Å². The van der Waals surface area contributed by atoms with E-state index in [-0.39, 0.29) is 6.42 Å². The zero-order valence-electron chi connectivity index (χ0n) is 19.6. The average molecular weight is 436 g/mol. The van der Waals surface area contributed by atoms with Crippen LogP contribution in [0.2, 0.25) is 0 Å². The third-order valence-electron chi connectivity index (χ3n) is 6.07. The van der Waals surface area contributed by atoms with Crippen molar-refractivity contribution in [3.05, 3.63) is 30.1 Å². The summed E-state index contributed by atoms with van der Waals surface area (Å²) in [7, 11) is 0. The zero-order chi connectivity index (χ0) is 22.2. The number of halogens is 2. The van der Waals surface area contributed by atoms with Crippen LogP contribution in [0.4, 0.5) is 8.78 Å². The van der Waals surface area contributed by atoms with Gasteiger partial charge in [0.2, 0.25) is 6.43 Å². The van der Waals surface area contributed by atoms with Gasteiger partial charge in [-0.1, -0.05) is 77.6 Å². The summed E-state index contributed by atoms with van der Waals surface area (Å²) in [6, 6.07) is 4.15. The average Bonchev–Trinajstić information content (AvgIpc) is 3.12. The Morgan fingerprint density at radius 1 is 0.871 bits per heavy atom. The molecule has 5 heteroatoms. The van der Waals surface area contributed by atoms with Gasteiger partial charge in [-0.2, -0.15) is 0 Å². The summed E-state index contributed by atoms with van der Waals surface area (Å²) in [6.07, 6.45) is 19.7. The lowest BCUT2D eigenvalue weighted by molar-refractivity contribution is 0.133. The Labute approximate surface area is 188 Å². The van der Waals surface area contributed by atoms with Gasteiger partial charge in [0.1, 0.15) is 0 Å². The van der Waals surface area contributed by atoms with Gasteiger partial charge in [0, 0.05) is 25.4 Å². The van der Waals surface area contributed by atoms with E-state index in [1.54, 1.807) is 0 Å². The highest BCUT2D eigenvalue weighted by molar-refractivity contribution is 5.79. The minimum absolute atomic E-state index is 0.0596. The molecule has 2 aromatic heterocycles. The Kier molecular flexibility index (Phi) is 13.3. The van der Waals surface area contributed by atoms with Gasteiger partial charge in [-0.25, -0.2) is 8.78 Å². The summed E-state index contributed by atoms with van der Waals surface area (Å²) in [5.74, 6) is 0. The van der Waals surface area contributed by atoms with Crippen LogP contribution in [0.1, 0.15) is 109 Å². The molecule has 0 bridgehead atoms. The van der Waals surface area contributed by atoms with Crippen LogP contribution >= 0.6 is 0 Å². The first-order chi connectivity index (χ1) is 15.2. The number of hydrogen-bond donors (Lipinski definition) is 1. The van der Waals surface area contributed by atoms with Crippen LogP contribution in [0.25, 0.3) is 11.0 Å². The van der Waals surface area contributed by atoms with Gasteiger partial charge in [0.05, 0.1) is 11.0 Å². The highest BCUT2D eigenvalue weighted by Gasteiger charge is 2.09. The third-order valence-corrected chi connectivity index (χ3v) is 6.07. The summed E-state index contributed by atoms with van der Waals surface area (Å²) in [6.45, 7) is 3.26. The molecule has 2 heterocycles. The molecule has 0 aliphatic rings. The maximum Gasteiger partial charge on any atom is 0.238 e. The predicted octanol–water partition coefficient (Wildman–Crippen LogP) is 8.26. The number of aryl methyl sites for hydroxylation is 1. The summed E-state index contributed by atoms with van der Waals surface area (Å²) in [4.78, 5) is 4.63. The largest absolute Gasteiger partial charge is 0.326 e. The second-order valence-electron chi connectivity index (χ2n) is 8.83. The molecule has 0 spiro atoms. The van der Waals surface area contributed by atoms with Gasteiger partial charge in [0.25, 0.3) is 0 Å². The van der Waals surface area contributed by atoms with Crippen LogP contribution in [-0.2, 0) is 6.42 Å². The number of unbranched alkanes of at least 4 members (excludes halogenated alkanes) is 12. The van der Waals surface area contributed by atoms with Crippen molar-refractivity contribution in [3.63, 3.8) is 0 Å². The quantitative estimate of drug-likeness (QED) is 0.225. The lowest BCUT2D eigenvalue weighted by Crippen LogP contribution is -2.14. The third kappa shape index (κ3) is 10.5. The molecular formula is C26H43F2N3. The molecule has 0 radical (unpaired) electrons. The summed E-state index contributed by atoms with van der Waals surface area (Å²) >= 11 is 0. The molecule has 0 aromatic carbocycles. The zero-order valence-corrected chi connectivity index (χ0v) is 19.6. The maximum atomic E-state index is 12.1. The van der Waals surface area contributed by atoms with Crippen LogP contribution in [0, 0.1) is 0 Å². The number of hydrogen-bond acceptors (Lipinski definition) is 2. The van der Waals surface area contributed by atoms with Crippen molar-refractivity contribution < 1.29 is 8.78 Å². The van der Waals surface area contributed by atoms with Gasteiger partial charge < -0.3 is 5.43 Å².